The Morgan fingerprint density at radius 2 is 1.64 bits per heavy atom. The van der Waals surface area contributed by atoms with Crippen molar-refractivity contribution in [3.63, 3.8) is 0 Å². The van der Waals surface area contributed by atoms with Crippen molar-refractivity contribution < 1.29 is 18.0 Å². The first-order chi connectivity index (χ1) is 10.5. The van der Waals surface area contributed by atoms with Crippen molar-refractivity contribution in [3.8, 4) is 0 Å². The number of fused-ring (bicyclic) bond motifs is 5. The van der Waals surface area contributed by atoms with Crippen LogP contribution in [0.4, 0.5) is 13.2 Å². The topological polar surface area (TPSA) is 48.6 Å². The Morgan fingerprint density at radius 1 is 0.909 bits per heavy atom. The second-order valence-electron chi connectivity index (χ2n) is 5.11. The Kier molecular flexibility index (Phi) is 2.43. The Labute approximate surface area is 121 Å². The smallest absolute Gasteiger partial charge is 0.359 e. The average Bonchev–Trinajstić information content (AvgIpc) is 3.06. The van der Waals surface area contributed by atoms with Crippen molar-refractivity contribution >= 4 is 38.5 Å². The standard InChI is InChI=1S/C16H9F3N2O/c17-16(18,19)15(22)11-7-20-13-10(11)6-5-9-8-3-1-2-4-12(8)21-14(9)13/h1-7,20-21H. The zero-order valence-corrected chi connectivity index (χ0v) is 11.1. The van der Waals surface area contributed by atoms with Gasteiger partial charge in [0.1, 0.15) is 0 Å². The molecule has 0 aliphatic carbocycles. The summed E-state index contributed by atoms with van der Waals surface area (Å²) in [5, 5.41) is 2.15. The molecule has 0 fully saturated rings. The minimum absolute atomic E-state index is 0.265. The molecule has 2 N–H and O–H groups in total. The molecule has 22 heavy (non-hydrogen) atoms. The first-order valence-corrected chi connectivity index (χ1v) is 6.59. The number of aromatic nitrogens is 2. The molecule has 0 aliphatic rings. The predicted molar refractivity (Wildman–Crippen MR) is 78.0 cm³/mol. The van der Waals surface area contributed by atoms with Crippen LogP contribution in [-0.4, -0.2) is 21.9 Å². The van der Waals surface area contributed by atoms with Gasteiger partial charge >= 0.3 is 6.18 Å². The zero-order chi connectivity index (χ0) is 15.5. The van der Waals surface area contributed by atoms with Gasteiger partial charge in [-0.05, 0) is 6.07 Å². The summed E-state index contributed by atoms with van der Waals surface area (Å²) in [6, 6.07) is 10.9. The fraction of sp³-hybridized carbons (Fsp3) is 0.0625. The number of nitrogens with one attached hydrogen (secondary N) is 2. The Balaban J connectivity index is 2.06. The van der Waals surface area contributed by atoms with E-state index in [-0.39, 0.29) is 10.9 Å². The van der Waals surface area contributed by atoms with Crippen LogP contribution < -0.4 is 0 Å². The minimum atomic E-state index is -4.88. The molecular weight excluding hydrogens is 293 g/mol. The number of carbonyl (C=O) groups is 1. The summed E-state index contributed by atoms with van der Waals surface area (Å²) < 4.78 is 38.0. The van der Waals surface area contributed by atoms with Gasteiger partial charge in [-0.25, -0.2) is 0 Å². The predicted octanol–water partition coefficient (Wildman–Crippen LogP) is 4.55. The van der Waals surface area contributed by atoms with Gasteiger partial charge in [0.25, 0.3) is 5.78 Å². The van der Waals surface area contributed by atoms with Crippen molar-refractivity contribution in [2.75, 3.05) is 0 Å². The van der Waals surface area contributed by atoms with Gasteiger partial charge in [-0.1, -0.05) is 30.3 Å². The van der Waals surface area contributed by atoms with Gasteiger partial charge in [0, 0.05) is 27.9 Å². The fourth-order valence-electron chi connectivity index (χ4n) is 2.86. The number of Topliss-reactive ketones (excluding diaryl/α,β-unsaturated/α-hetero) is 1. The first kappa shape index (κ1) is 12.9. The molecule has 6 heteroatoms. The molecule has 2 heterocycles. The zero-order valence-electron chi connectivity index (χ0n) is 11.1. The van der Waals surface area contributed by atoms with E-state index < -0.39 is 12.0 Å². The first-order valence-electron chi connectivity index (χ1n) is 6.59. The third-order valence-electron chi connectivity index (χ3n) is 3.84. The molecule has 4 rings (SSSR count). The highest BCUT2D eigenvalue weighted by Gasteiger charge is 2.40. The van der Waals surface area contributed by atoms with Crippen molar-refractivity contribution in [1.29, 1.82) is 0 Å². The van der Waals surface area contributed by atoms with Crippen LogP contribution in [0, 0.1) is 0 Å². The highest BCUT2D eigenvalue weighted by atomic mass is 19.4. The van der Waals surface area contributed by atoms with Crippen LogP contribution in [0.15, 0.2) is 42.6 Å². The van der Waals surface area contributed by atoms with E-state index in [1.54, 1.807) is 12.1 Å². The summed E-state index contributed by atoms with van der Waals surface area (Å²) in [4.78, 5) is 17.5. The van der Waals surface area contributed by atoms with E-state index in [2.05, 4.69) is 9.97 Å². The summed E-state index contributed by atoms with van der Waals surface area (Å²) in [5.74, 6) is -1.84. The second kappa shape index (κ2) is 4.13. The molecule has 110 valence electrons. The second-order valence-corrected chi connectivity index (χ2v) is 5.11. The fourth-order valence-corrected chi connectivity index (χ4v) is 2.86. The number of aromatic amines is 2. The van der Waals surface area contributed by atoms with Gasteiger partial charge in [0.05, 0.1) is 16.6 Å². The Morgan fingerprint density at radius 3 is 2.41 bits per heavy atom. The van der Waals surface area contributed by atoms with Crippen LogP contribution >= 0.6 is 0 Å². The van der Waals surface area contributed by atoms with E-state index in [1.165, 1.54) is 0 Å². The number of carbonyl (C=O) groups excluding carboxylic acids is 1. The summed E-state index contributed by atoms with van der Waals surface area (Å²) in [6.07, 6.45) is -3.77. The van der Waals surface area contributed by atoms with Gasteiger partial charge in [-0.2, -0.15) is 13.2 Å². The third kappa shape index (κ3) is 1.67. The number of rotatable bonds is 1. The minimum Gasteiger partial charge on any atom is -0.359 e. The summed E-state index contributed by atoms with van der Waals surface area (Å²) in [7, 11) is 0. The lowest BCUT2D eigenvalue weighted by molar-refractivity contribution is -0.0884. The number of ketones is 1. The monoisotopic (exact) mass is 302 g/mol. The largest absolute Gasteiger partial charge is 0.454 e. The molecule has 0 amide bonds. The lowest BCUT2D eigenvalue weighted by Crippen LogP contribution is -2.22. The number of H-pyrrole nitrogens is 2. The molecule has 3 nitrogen and oxygen atoms in total. The van der Waals surface area contributed by atoms with Crippen LogP contribution in [-0.2, 0) is 0 Å². The van der Waals surface area contributed by atoms with E-state index in [0.29, 0.717) is 11.0 Å². The number of para-hydroxylation sites is 1. The lowest BCUT2D eigenvalue weighted by Gasteiger charge is -2.03. The lowest BCUT2D eigenvalue weighted by atomic mass is 10.1. The number of halogens is 3. The van der Waals surface area contributed by atoms with E-state index in [4.69, 9.17) is 0 Å². The van der Waals surface area contributed by atoms with Crippen LogP contribution in [0.1, 0.15) is 10.4 Å². The highest BCUT2D eigenvalue weighted by Crippen LogP contribution is 2.33. The SMILES string of the molecule is O=C(c1c[nH]c2c1ccc1c3ccccc3[nH]c12)C(F)(F)F. The molecular formula is C16H9F3N2O. The van der Waals surface area contributed by atoms with Crippen molar-refractivity contribution in [2.24, 2.45) is 0 Å². The molecule has 2 aromatic carbocycles. The number of benzene rings is 2. The summed E-state index contributed by atoms with van der Waals surface area (Å²) in [6.45, 7) is 0. The molecule has 0 atom stereocenters. The summed E-state index contributed by atoms with van der Waals surface area (Å²) >= 11 is 0. The van der Waals surface area contributed by atoms with E-state index in [9.17, 15) is 18.0 Å². The molecule has 0 aliphatic heterocycles. The Bertz CT molecular complexity index is 1040. The number of hydrogen-bond acceptors (Lipinski definition) is 1. The van der Waals surface area contributed by atoms with E-state index in [0.717, 1.165) is 22.5 Å². The van der Waals surface area contributed by atoms with Gasteiger partial charge in [-0.3, -0.25) is 4.79 Å². The molecule has 0 radical (unpaired) electrons. The van der Waals surface area contributed by atoms with Crippen LogP contribution in [0.2, 0.25) is 0 Å². The average molecular weight is 302 g/mol. The maximum atomic E-state index is 12.7. The Hall–Kier alpha value is -2.76. The van der Waals surface area contributed by atoms with Crippen molar-refractivity contribution in [2.45, 2.75) is 6.18 Å². The molecule has 2 aromatic heterocycles. The van der Waals surface area contributed by atoms with Crippen molar-refractivity contribution in [1.82, 2.24) is 9.97 Å². The molecule has 0 unspecified atom stereocenters. The molecule has 0 spiro atoms. The van der Waals surface area contributed by atoms with Crippen LogP contribution in [0.25, 0.3) is 32.7 Å². The quantitative estimate of drug-likeness (QED) is 0.498. The molecule has 0 saturated carbocycles. The molecule has 4 aromatic rings. The van der Waals surface area contributed by atoms with Gasteiger partial charge < -0.3 is 9.97 Å². The molecule has 0 bridgehead atoms. The summed E-state index contributed by atoms with van der Waals surface area (Å²) in [5.41, 5.74) is 1.73. The maximum Gasteiger partial charge on any atom is 0.454 e. The number of hydrogen-bond donors (Lipinski definition) is 2. The third-order valence-corrected chi connectivity index (χ3v) is 3.84. The normalized spacial score (nSPS) is 12.5. The molecule has 0 saturated heterocycles. The van der Waals surface area contributed by atoms with Crippen LogP contribution in [0.3, 0.4) is 0 Å². The van der Waals surface area contributed by atoms with Gasteiger partial charge in [-0.15, -0.1) is 0 Å². The van der Waals surface area contributed by atoms with E-state index >= 15 is 0 Å². The van der Waals surface area contributed by atoms with E-state index in [1.807, 2.05) is 24.3 Å². The van der Waals surface area contributed by atoms with Gasteiger partial charge in [0.15, 0.2) is 0 Å². The highest BCUT2D eigenvalue weighted by molar-refractivity contribution is 6.20. The number of alkyl halides is 3. The van der Waals surface area contributed by atoms with Gasteiger partial charge in [0.2, 0.25) is 0 Å². The van der Waals surface area contributed by atoms with Crippen molar-refractivity contribution in [3.05, 3.63) is 48.2 Å². The van der Waals surface area contributed by atoms with Crippen LogP contribution in [0.5, 0.6) is 0 Å². The maximum absolute atomic E-state index is 12.7.